The Morgan fingerprint density at radius 3 is 2.70 bits per heavy atom. The minimum atomic E-state index is 0.497. The van der Waals surface area contributed by atoms with Crippen molar-refractivity contribution in [2.75, 3.05) is 26.7 Å². The molecule has 0 radical (unpaired) electrons. The van der Waals surface area contributed by atoms with Gasteiger partial charge in [-0.2, -0.15) is 0 Å². The molecule has 0 heterocycles. The van der Waals surface area contributed by atoms with Crippen LogP contribution in [0, 0.1) is 5.41 Å². The molecule has 1 saturated carbocycles. The lowest BCUT2D eigenvalue weighted by atomic mass is 9.85. The topological polar surface area (TPSA) is 15.3 Å². The van der Waals surface area contributed by atoms with Gasteiger partial charge in [-0.1, -0.05) is 47.8 Å². The molecule has 0 aliphatic heterocycles. The van der Waals surface area contributed by atoms with Gasteiger partial charge in [0, 0.05) is 24.1 Å². The molecule has 2 nitrogen and oxygen atoms in total. The first-order chi connectivity index (χ1) is 9.63. The van der Waals surface area contributed by atoms with E-state index in [0.29, 0.717) is 5.41 Å². The highest BCUT2D eigenvalue weighted by atomic mass is 79.9. The highest BCUT2D eigenvalue weighted by molar-refractivity contribution is 9.10. The van der Waals surface area contributed by atoms with Gasteiger partial charge in [-0.05, 0) is 49.5 Å². The third-order valence-electron chi connectivity index (χ3n) is 4.36. The summed E-state index contributed by atoms with van der Waals surface area (Å²) < 4.78 is 1.17. The maximum atomic E-state index is 3.58. The molecule has 0 aromatic heterocycles. The lowest BCUT2D eigenvalue weighted by Gasteiger charge is -2.34. The number of nitrogens with one attached hydrogen (secondary N) is 1. The Balaban J connectivity index is 1.93. The number of rotatable bonds is 7. The first-order valence-electron chi connectivity index (χ1n) is 7.77. The Bertz CT molecular complexity index is 413. The van der Waals surface area contributed by atoms with E-state index in [1.54, 1.807) is 0 Å². The fraction of sp³-hybridized carbons (Fsp3) is 0.647. The molecular weight excluding hydrogens is 312 g/mol. The highest BCUT2D eigenvalue weighted by Crippen LogP contribution is 2.38. The zero-order valence-electron chi connectivity index (χ0n) is 12.8. The predicted molar refractivity (Wildman–Crippen MR) is 89.9 cm³/mol. The predicted octanol–water partition coefficient (Wildman–Crippen LogP) is 4.05. The summed E-state index contributed by atoms with van der Waals surface area (Å²) in [4.78, 5) is 2.49. The summed E-state index contributed by atoms with van der Waals surface area (Å²) in [6.45, 7) is 6.69. The molecule has 3 heteroatoms. The molecule has 112 valence electrons. The molecule has 1 fully saturated rings. The van der Waals surface area contributed by atoms with Crippen molar-refractivity contribution in [3.05, 3.63) is 34.3 Å². The van der Waals surface area contributed by atoms with Crippen LogP contribution in [0.15, 0.2) is 28.7 Å². The van der Waals surface area contributed by atoms with Gasteiger partial charge in [0.15, 0.2) is 0 Å². The molecule has 2 rings (SSSR count). The summed E-state index contributed by atoms with van der Waals surface area (Å²) in [5.41, 5.74) is 1.88. The van der Waals surface area contributed by atoms with E-state index in [4.69, 9.17) is 0 Å². The monoisotopic (exact) mass is 338 g/mol. The molecule has 0 unspecified atom stereocenters. The van der Waals surface area contributed by atoms with E-state index in [-0.39, 0.29) is 0 Å². The average molecular weight is 339 g/mol. The second-order valence-electron chi connectivity index (χ2n) is 6.29. The van der Waals surface area contributed by atoms with Crippen LogP contribution < -0.4 is 5.32 Å². The lowest BCUT2D eigenvalue weighted by molar-refractivity contribution is 0.168. The molecule has 0 bridgehead atoms. The van der Waals surface area contributed by atoms with Crippen LogP contribution in [-0.2, 0) is 6.54 Å². The van der Waals surface area contributed by atoms with Crippen LogP contribution >= 0.6 is 15.9 Å². The van der Waals surface area contributed by atoms with Gasteiger partial charge < -0.3 is 10.2 Å². The van der Waals surface area contributed by atoms with Gasteiger partial charge >= 0.3 is 0 Å². The Hall–Kier alpha value is -0.380. The molecule has 1 aromatic carbocycles. The lowest BCUT2D eigenvalue weighted by Crippen LogP contribution is -2.41. The Labute approximate surface area is 132 Å². The second kappa shape index (κ2) is 7.58. The van der Waals surface area contributed by atoms with Gasteiger partial charge in [0.1, 0.15) is 0 Å². The number of hydrogen-bond donors (Lipinski definition) is 1. The molecule has 1 aromatic rings. The van der Waals surface area contributed by atoms with E-state index in [0.717, 1.165) is 13.1 Å². The smallest absolute Gasteiger partial charge is 0.0231 e. The van der Waals surface area contributed by atoms with Gasteiger partial charge in [-0.15, -0.1) is 0 Å². The van der Waals surface area contributed by atoms with Crippen LogP contribution in [0.3, 0.4) is 0 Å². The minimum absolute atomic E-state index is 0.497. The fourth-order valence-corrected chi connectivity index (χ4v) is 3.93. The molecular formula is C17H27BrN2. The fourth-order valence-electron chi connectivity index (χ4n) is 3.48. The maximum Gasteiger partial charge on any atom is 0.0231 e. The zero-order valence-corrected chi connectivity index (χ0v) is 14.4. The maximum absolute atomic E-state index is 3.58. The van der Waals surface area contributed by atoms with Crippen molar-refractivity contribution in [3.8, 4) is 0 Å². The molecule has 0 atom stereocenters. The molecule has 20 heavy (non-hydrogen) atoms. The first kappa shape index (κ1) is 16.0. The van der Waals surface area contributed by atoms with Gasteiger partial charge in [-0.3, -0.25) is 0 Å². The number of nitrogens with zero attached hydrogens (tertiary/aromatic N) is 1. The van der Waals surface area contributed by atoms with E-state index in [2.05, 4.69) is 64.4 Å². The molecule has 1 N–H and O–H groups in total. The third kappa shape index (κ3) is 4.57. The Morgan fingerprint density at radius 1 is 1.30 bits per heavy atom. The van der Waals surface area contributed by atoms with Gasteiger partial charge in [0.2, 0.25) is 0 Å². The van der Waals surface area contributed by atoms with Crippen LogP contribution in [0.4, 0.5) is 0 Å². The van der Waals surface area contributed by atoms with E-state index >= 15 is 0 Å². The first-order valence-corrected chi connectivity index (χ1v) is 8.56. The van der Waals surface area contributed by atoms with Crippen LogP contribution in [0.1, 0.15) is 38.2 Å². The van der Waals surface area contributed by atoms with E-state index in [1.807, 2.05) is 0 Å². The van der Waals surface area contributed by atoms with Crippen LogP contribution in [-0.4, -0.2) is 31.6 Å². The molecule has 1 aliphatic rings. The minimum Gasteiger partial charge on any atom is -0.316 e. The van der Waals surface area contributed by atoms with Crippen molar-refractivity contribution < 1.29 is 0 Å². The van der Waals surface area contributed by atoms with E-state index in [9.17, 15) is 0 Å². The third-order valence-corrected chi connectivity index (χ3v) is 4.85. The summed E-state index contributed by atoms with van der Waals surface area (Å²) in [6.07, 6.45) is 5.55. The highest BCUT2D eigenvalue weighted by Gasteiger charge is 2.34. The average Bonchev–Trinajstić information content (AvgIpc) is 2.85. The van der Waals surface area contributed by atoms with Crippen LogP contribution in [0.25, 0.3) is 0 Å². The number of hydrogen-bond acceptors (Lipinski definition) is 2. The van der Waals surface area contributed by atoms with Crippen molar-refractivity contribution in [2.45, 2.75) is 39.2 Å². The Morgan fingerprint density at radius 2 is 2.05 bits per heavy atom. The van der Waals surface area contributed by atoms with Crippen molar-refractivity contribution in [1.29, 1.82) is 0 Å². The molecule has 0 saturated heterocycles. The summed E-state index contributed by atoms with van der Waals surface area (Å²) in [6, 6.07) is 8.65. The summed E-state index contributed by atoms with van der Waals surface area (Å²) in [5.74, 6) is 0. The molecule has 0 spiro atoms. The number of halogens is 1. The quantitative estimate of drug-likeness (QED) is 0.806. The zero-order chi connectivity index (χ0) is 14.4. The van der Waals surface area contributed by atoms with E-state index < -0.39 is 0 Å². The van der Waals surface area contributed by atoms with Crippen molar-refractivity contribution in [2.24, 2.45) is 5.41 Å². The Kier molecular flexibility index (Phi) is 6.06. The summed E-state index contributed by atoms with van der Waals surface area (Å²) in [5, 5.41) is 3.58. The second-order valence-corrected chi connectivity index (χ2v) is 7.21. The number of benzene rings is 1. The van der Waals surface area contributed by atoms with E-state index in [1.165, 1.54) is 48.8 Å². The van der Waals surface area contributed by atoms with Crippen molar-refractivity contribution >= 4 is 15.9 Å². The van der Waals surface area contributed by atoms with Gasteiger partial charge in [0.25, 0.3) is 0 Å². The SMILES string of the molecule is CCNCC1(CN(C)Cc2cccc(Br)c2)CCCC1. The van der Waals surface area contributed by atoms with Crippen LogP contribution in [0.2, 0.25) is 0 Å². The van der Waals surface area contributed by atoms with Crippen LogP contribution in [0.5, 0.6) is 0 Å². The van der Waals surface area contributed by atoms with Gasteiger partial charge in [0.05, 0.1) is 0 Å². The molecule has 0 amide bonds. The normalized spacial score (nSPS) is 17.8. The van der Waals surface area contributed by atoms with Crippen molar-refractivity contribution in [1.82, 2.24) is 10.2 Å². The summed E-state index contributed by atoms with van der Waals surface area (Å²) in [7, 11) is 2.26. The summed E-state index contributed by atoms with van der Waals surface area (Å²) >= 11 is 3.56. The standard InChI is InChI=1S/C17H27BrN2/c1-3-19-13-17(9-4-5-10-17)14-20(2)12-15-7-6-8-16(18)11-15/h6-8,11,19H,3-5,9-10,12-14H2,1-2H3. The largest absolute Gasteiger partial charge is 0.316 e. The van der Waals surface area contributed by atoms with Crippen molar-refractivity contribution in [3.63, 3.8) is 0 Å². The molecule has 1 aliphatic carbocycles. The van der Waals surface area contributed by atoms with Gasteiger partial charge in [-0.25, -0.2) is 0 Å².